The molecule has 1 N–H and O–H groups in total. The molecule has 2 aromatic carbocycles. The van der Waals surface area contributed by atoms with Crippen molar-refractivity contribution in [1.29, 1.82) is 0 Å². The van der Waals surface area contributed by atoms with Crippen molar-refractivity contribution in [2.24, 2.45) is 7.05 Å². The number of ether oxygens (including phenoxy) is 1. The van der Waals surface area contributed by atoms with E-state index in [1.807, 2.05) is 35.9 Å². The first-order valence-corrected chi connectivity index (χ1v) is 9.00. The van der Waals surface area contributed by atoms with Crippen LogP contribution < -0.4 is 0 Å². The molecule has 3 aromatic rings. The minimum absolute atomic E-state index is 0.0849. The molecule has 0 aliphatic heterocycles. The molecule has 3 rings (SSSR count). The molecule has 0 amide bonds. The molecule has 6 heteroatoms. The fourth-order valence-electron chi connectivity index (χ4n) is 2.93. The van der Waals surface area contributed by atoms with Crippen LogP contribution in [0, 0.1) is 0 Å². The summed E-state index contributed by atoms with van der Waals surface area (Å²) in [4.78, 5) is 12.6. The Morgan fingerprint density at radius 1 is 1.28 bits per heavy atom. The van der Waals surface area contributed by atoms with E-state index in [4.69, 9.17) is 16.3 Å². The van der Waals surface area contributed by atoms with Gasteiger partial charge in [-0.15, -0.1) is 0 Å². The van der Waals surface area contributed by atoms with Gasteiger partial charge in [-0.1, -0.05) is 23.7 Å². The van der Waals surface area contributed by atoms with E-state index in [1.54, 1.807) is 19.1 Å². The highest BCUT2D eigenvalue weighted by atomic mass is 79.9. The minimum atomic E-state index is -0.390. The Bertz CT molecular complexity index is 948. The molecule has 0 atom stereocenters. The molecule has 25 heavy (non-hydrogen) atoms. The van der Waals surface area contributed by atoms with Crippen LogP contribution >= 0.6 is 27.5 Å². The Hall–Kier alpha value is -1.98. The lowest BCUT2D eigenvalue weighted by atomic mass is 10.0. The number of aromatic nitrogens is 1. The summed E-state index contributed by atoms with van der Waals surface area (Å²) in [5, 5.41) is 11.4. The standard InChI is InChI=1S/C19H17BrClNO3/c1-3-25-19(24)18-13-9-17(23)14(20)10-15(13)22(2)16(18)8-11-4-6-12(21)7-5-11/h4-7,9-10,23H,3,8H2,1-2H3. The molecule has 0 fully saturated rings. The topological polar surface area (TPSA) is 51.5 Å². The number of phenolic OH excluding ortho intramolecular Hbond substituents is 1. The molecule has 1 aromatic heterocycles. The number of rotatable bonds is 4. The average molecular weight is 423 g/mol. The zero-order valence-electron chi connectivity index (χ0n) is 13.8. The predicted molar refractivity (Wildman–Crippen MR) is 102 cm³/mol. The molecular weight excluding hydrogens is 406 g/mol. The summed E-state index contributed by atoms with van der Waals surface area (Å²) in [6, 6.07) is 10.9. The summed E-state index contributed by atoms with van der Waals surface area (Å²) in [7, 11) is 1.90. The zero-order valence-corrected chi connectivity index (χ0v) is 16.2. The largest absolute Gasteiger partial charge is 0.507 e. The quantitative estimate of drug-likeness (QED) is 0.597. The molecule has 4 nitrogen and oxygen atoms in total. The summed E-state index contributed by atoms with van der Waals surface area (Å²) in [5.41, 5.74) is 3.19. The van der Waals surface area contributed by atoms with E-state index >= 15 is 0 Å². The third-order valence-corrected chi connectivity index (χ3v) is 5.04. The first kappa shape index (κ1) is 17.8. The van der Waals surface area contributed by atoms with Gasteiger partial charge in [0.2, 0.25) is 0 Å². The Morgan fingerprint density at radius 3 is 2.60 bits per heavy atom. The number of esters is 1. The van der Waals surface area contributed by atoms with Crippen molar-refractivity contribution in [2.45, 2.75) is 13.3 Å². The van der Waals surface area contributed by atoms with E-state index in [9.17, 15) is 9.90 Å². The molecule has 0 spiro atoms. The van der Waals surface area contributed by atoms with Gasteiger partial charge < -0.3 is 14.4 Å². The number of aryl methyl sites for hydroxylation is 1. The molecule has 0 unspecified atom stereocenters. The number of carbonyl (C=O) groups excluding carboxylic acids is 1. The Morgan fingerprint density at radius 2 is 1.96 bits per heavy atom. The van der Waals surface area contributed by atoms with E-state index in [1.165, 1.54) is 0 Å². The molecule has 130 valence electrons. The fraction of sp³-hybridized carbons (Fsp3) is 0.211. The predicted octanol–water partition coefficient (Wildman–Crippen LogP) is 5.07. The van der Waals surface area contributed by atoms with Crippen LogP contribution in [-0.4, -0.2) is 22.2 Å². The second kappa shape index (κ2) is 7.10. The van der Waals surface area contributed by atoms with Gasteiger partial charge in [0.05, 0.1) is 22.2 Å². The lowest BCUT2D eigenvalue weighted by Crippen LogP contribution is -2.09. The highest BCUT2D eigenvalue weighted by molar-refractivity contribution is 9.10. The van der Waals surface area contributed by atoms with Gasteiger partial charge in [-0.25, -0.2) is 4.79 Å². The number of nitrogens with zero attached hydrogens (tertiary/aromatic N) is 1. The Labute approximate surface area is 159 Å². The lowest BCUT2D eigenvalue weighted by Gasteiger charge is -2.08. The van der Waals surface area contributed by atoms with Crippen LogP contribution in [0.5, 0.6) is 5.75 Å². The summed E-state index contributed by atoms with van der Waals surface area (Å²) >= 11 is 9.29. The number of halogens is 2. The number of hydrogen-bond acceptors (Lipinski definition) is 3. The number of aromatic hydroxyl groups is 1. The lowest BCUT2D eigenvalue weighted by molar-refractivity contribution is 0.0527. The van der Waals surface area contributed by atoms with E-state index in [-0.39, 0.29) is 12.4 Å². The van der Waals surface area contributed by atoms with Gasteiger partial charge >= 0.3 is 5.97 Å². The van der Waals surface area contributed by atoms with Gasteiger partial charge in [0.1, 0.15) is 5.75 Å². The summed E-state index contributed by atoms with van der Waals surface area (Å²) < 4.78 is 7.79. The monoisotopic (exact) mass is 421 g/mol. The first-order chi connectivity index (χ1) is 11.9. The van der Waals surface area contributed by atoms with E-state index in [0.29, 0.717) is 26.9 Å². The molecule has 0 aliphatic carbocycles. The van der Waals surface area contributed by atoms with Crippen molar-refractivity contribution in [3.8, 4) is 5.75 Å². The maximum Gasteiger partial charge on any atom is 0.340 e. The number of phenols is 1. The van der Waals surface area contributed by atoms with Crippen molar-refractivity contribution >= 4 is 44.4 Å². The maximum absolute atomic E-state index is 12.6. The van der Waals surface area contributed by atoms with E-state index in [0.717, 1.165) is 16.8 Å². The summed E-state index contributed by atoms with van der Waals surface area (Å²) in [6.07, 6.45) is 0.550. The summed E-state index contributed by atoms with van der Waals surface area (Å²) in [6.45, 7) is 2.06. The van der Waals surface area contributed by atoms with Crippen molar-refractivity contribution in [3.05, 3.63) is 62.7 Å². The van der Waals surface area contributed by atoms with Crippen molar-refractivity contribution in [1.82, 2.24) is 4.57 Å². The molecule has 0 aliphatic rings. The normalized spacial score (nSPS) is 11.0. The number of carbonyl (C=O) groups is 1. The maximum atomic E-state index is 12.6. The SMILES string of the molecule is CCOC(=O)c1c(Cc2ccc(Cl)cc2)n(C)c2cc(Br)c(O)cc12. The van der Waals surface area contributed by atoms with Gasteiger partial charge in [0.25, 0.3) is 0 Å². The van der Waals surface area contributed by atoms with Gasteiger partial charge in [-0.05, 0) is 52.7 Å². The second-order valence-electron chi connectivity index (χ2n) is 5.73. The molecule has 0 bridgehead atoms. The molecule has 0 saturated heterocycles. The Kier molecular flexibility index (Phi) is 5.06. The summed E-state index contributed by atoms with van der Waals surface area (Å²) in [5.74, 6) is -0.305. The highest BCUT2D eigenvalue weighted by Crippen LogP contribution is 2.35. The van der Waals surface area contributed by atoms with Crippen LogP contribution in [0.1, 0.15) is 28.5 Å². The smallest absolute Gasteiger partial charge is 0.340 e. The number of benzene rings is 2. The van der Waals surface area contributed by atoms with E-state index < -0.39 is 5.97 Å². The molecular formula is C19H17BrClNO3. The van der Waals surface area contributed by atoms with Crippen LogP contribution in [0.15, 0.2) is 40.9 Å². The van der Waals surface area contributed by atoms with Crippen LogP contribution in [0.2, 0.25) is 5.02 Å². The minimum Gasteiger partial charge on any atom is -0.507 e. The number of fused-ring (bicyclic) bond motifs is 1. The van der Waals surface area contributed by atoms with Gasteiger partial charge in [-0.3, -0.25) is 0 Å². The van der Waals surface area contributed by atoms with Gasteiger partial charge in [0.15, 0.2) is 0 Å². The third kappa shape index (κ3) is 3.39. The zero-order chi connectivity index (χ0) is 18.1. The van der Waals surface area contributed by atoms with Crippen molar-refractivity contribution in [3.63, 3.8) is 0 Å². The number of hydrogen-bond donors (Lipinski definition) is 1. The third-order valence-electron chi connectivity index (χ3n) is 4.15. The Balaban J connectivity index is 2.21. The molecule has 0 saturated carbocycles. The van der Waals surface area contributed by atoms with Crippen molar-refractivity contribution < 1.29 is 14.6 Å². The van der Waals surface area contributed by atoms with Crippen LogP contribution in [0.3, 0.4) is 0 Å². The van der Waals surface area contributed by atoms with Crippen LogP contribution in [-0.2, 0) is 18.2 Å². The second-order valence-corrected chi connectivity index (χ2v) is 7.02. The van der Waals surface area contributed by atoms with Crippen molar-refractivity contribution in [2.75, 3.05) is 6.61 Å². The highest BCUT2D eigenvalue weighted by Gasteiger charge is 2.23. The van der Waals surface area contributed by atoms with Gasteiger partial charge in [-0.2, -0.15) is 0 Å². The molecule has 0 radical (unpaired) electrons. The fourth-order valence-corrected chi connectivity index (χ4v) is 3.39. The van der Waals surface area contributed by atoms with Gasteiger partial charge in [0, 0.05) is 29.6 Å². The average Bonchev–Trinajstić information content (AvgIpc) is 2.83. The van der Waals surface area contributed by atoms with E-state index in [2.05, 4.69) is 15.9 Å². The van der Waals surface area contributed by atoms with Crippen LogP contribution in [0.4, 0.5) is 0 Å². The molecule has 1 heterocycles. The van der Waals surface area contributed by atoms with Crippen LogP contribution in [0.25, 0.3) is 10.9 Å². The first-order valence-electron chi connectivity index (χ1n) is 7.83.